The number of nitrogens with two attached hydrogens (primary N) is 1. The van der Waals surface area contributed by atoms with E-state index in [1.807, 2.05) is 13.8 Å². The fourth-order valence-electron chi connectivity index (χ4n) is 2.56. The van der Waals surface area contributed by atoms with Gasteiger partial charge < -0.3 is 20.5 Å². The molecule has 0 aliphatic carbocycles. The molecule has 0 aliphatic heterocycles. The fraction of sp³-hybridized carbons (Fsp3) is 0.565. The second-order valence-corrected chi connectivity index (χ2v) is 7.87. The molecule has 162 valence electrons. The van der Waals surface area contributed by atoms with E-state index >= 15 is 0 Å². The molecule has 0 heterocycles. The van der Waals surface area contributed by atoms with Crippen molar-refractivity contribution in [1.29, 1.82) is 0 Å². The highest BCUT2D eigenvalue weighted by Crippen LogP contribution is 2.28. The predicted octanol–water partition coefficient (Wildman–Crippen LogP) is 3.97. The monoisotopic (exact) mass is 404 g/mol. The standard InChI is InChI=1S/C23H36N2O4/c1-16(2)10-8-6-7-9-11-21(26)25-15-18-12-13-19(20(14-18)28-5)29-23(27)22(24)17(3)4/h8,10,12-14,16-17,22H,6-7,9,11,15,24H2,1-5H3,(H,25,26)/b10-8+/t22-/m0/s1. The Bertz CT molecular complexity index is 683. The minimum atomic E-state index is -0.695. The maximum Gasteiger partial charge on any atom is 0.328 e. The average Bonchev–Trinajstić information content (AvgIpc) is 2.68. The lowest BCUT2D eigenvalue weighted by Crippen LogP contribution is -2.38. The van der Waals surface area contributed by atoms with Crippen molar-refractivity contribution in [3.63, 3.8) is 0 Å². The minimum absolute atomic E-state index is 0.0193. The Morgan fingerprint density at radius 2 is 1.86 bits per heavy atom. The zero-order valence-corrected chi connectivity index (χ0v) is 18.4. The zero-order valence-electron chi connectivity index (χ0n) is 18.4. The maximum atomic E-state index is 12.1. The van der Waals surface area contributed by atoms with E-state index in [0.717, 1.165) is 24.8 Å². The van der Waals surface area contributed by atoms with Crippen LogP contribution in [0.4, 0.5) is 0 Å². The summed E-state index contributed by atoms with van der Waals surface area (Å²) in [6.45, 7) is 8.41. The SMILES string of the molecule is COc1cc(CNC(=O)CCCC/C=C/C(C)C)ccc1OC(=O)[C@@H](N)C(C)C. The Hall–Kier alpha value is -2.34. The van der Waals surface area contributed by atoms with Crippen molar-refractivity contribution in [3.8, 4) is 11.5 Å². The minimum Gasteiger partial charge on any atom is -0.493 e. The maximum absolute atomic E-state index is 12.1. The molecule has 0 fully saturated rings. The van der Waals surface area contributed by atoms with Gasteiger partial charge in [-0.05, 0) is 48.8 Å². The van der Waals surface area contributed by atoms with Gasteiger partial charge in [-0.2, -0.15) is 0 Å². The van der Waals surface area contributed by atoms with Crippen LogP contribution in [0.3, 0.4) is 0 Å². The second-order valence-electron chi connectivity index (χ2n) is 7.87. The number of ether oxygens (including phenoxy) is 2. The van der Waals surface area contributed by atoms with Crippen LogP contribution in [0.2, 0.25) is 0 Å². The summed E-state index contributed by atoms with van der Waals surface area (Å²) in [5.74, 6) is 0.820. The van der Waals surface area contributed by atoms with Crippen molar-refractivity contribution < 1.29 is 19.1 Å². The summed E-state index contributed by atoms with van der Waals surface area (Å²) in [5.41, 5.74) is 6.69. The number of methoxy groups -OCH3 is 1. The zero-order chi connectivity index (χ0) is 21.8. The fourth-order valence-corrected chi connectivity index (χ4v) is 2.56. The molecule has 0 radical (unpaired) electrons. The predicted molar refractivity (Wildman–Crippen MR) is 116 cm³/mol. The lowest BCUT2D eigenvalue weighted by atomic mass is 10.1. The molecular formula is C23H36N2O4. The van der Waals surface area contributed by atoms with Crippen molar-refractivity contribution in [2.24, 2.45) is 17.6 Å². The van der Waals surface area contributed by atoms with Crippen LogP contribution in [-0.4, -0.2) is 25.0 Å². The summed E-state index contributed by atoms with van der Waals surface area (Å²) in [6, 6.07) is 4.51. The summed E-state index contributed by atoms with van der Waals surface area (Å²) in [7, 11) is 1.51. The molecule has 1 aromatic rings. The van der Waals surface area contributed by atoms with E-state index in [1.54, 1.807) is 18.2 Å². The number of allylic oxidation sites excluding steroid dienone is 2. The molecule has 29 heavy (non-hydrogen) atoms. The number of amides is 1. The molecule has 1 rings (SSSR count). The van der Waals surface area contributed by atoms with Crippen LogP contribution >= 0.6 is 0 Å². The largest absolute Gasteiger partial charge is 0.493 e. The first-order valence-corrected chi connectivity index (χ1v) is 10.3. The van der Waals surface area contributed by atoms with E-state index in [4.69, 9.17) is 15.2 Å². The number of carbonyl (C=O) groups excluding carboxylic acids is 2. The Labute approximate surface area is 174 Å². The lowest BCUT2D eigenvalue weighted by molar-refractivity contribution is -0.137. The summed E-state index contributed by atoms with van der Waals surface area (Å²) < 4.78 is 10.7. The molecule has 0 spiro atoms. The van der Waals surface area contributed by atoms with Crippen LogP contribution in [-0.2, 0) is 16.1 Å². The Morgan fingerprint density at radius 3 is 2.48 bits per heavy atom. The second kappa shape index (κ2) is 13.0. The van der Waals surface area contributed by atoms with Gasteiger partial charge in [-0.1, -0.05) is 45.9 Å². The molecule has 6 heteroatoms. The van der Waals surface area contributed by atoms with Crippen molar-refractivity contribution in [3.05, 3.63) is 35.9 Å². The summed E-state index contributed by atoms with van der Waals surface area (Å²) in [6.07, 6.45) is 7.74. The number of benzene rings is 1. The number of hydrogen-bond donors (Lipinski definition) is 2. The molecule has 1 amide bonds. The van der Waals surface area contributed by atoms with Gasteiger partial charge in [0, 0.05) is 13.0 Å². The van der Waals surface area contributed by atoms with Crippen molar-refractivity contribution >= 4 is 11.9 Å². The third-order valence-corrected chi connectivity index (χ3v) is 4.46. The Balaban J connectivity index is 2.49. The van der Waals surface area contributed by atoms with Gasteiger partial charge >= 0.3 is 5.97 Å². The van der Waals surface area contributed by atoms with Gasteiger partial charge in [-0.3, -0.25) is 4.79 Å². The normalized spacial score (nSPS) is 12.4. The summed E-state index contributed by atoms with van der Waals surface area (Å²) >= 11 is 0. The topological polar surface area (TPSA) is 90.6 Å². The highest BCUT2D eigenvalue weighted by atomic mass is 16.6. The number of esters is 1. The molecule has 1 atom stereocenters. The molecular weight excluding hydrogens is 368 g/mol. The van der Waals surface area contributed by atoms with E-state index < -0.39 is 12.0 Å². The third-order valence-electron chi connectivity index (χ3n) is 4.46. The molecule has 0 saturated carbocycles. The van der Waals surface area contributed by atoms with Gasteiger partial charge in [0.1, 0.15) is 6.04 Å². The third kappa shape index (κ3) is 9.61. The van der Waals surface area contributed by atoms with E-state index in [1.165, 1.54) is 7.11 Å². The highest BCUT2D eigenvalue weighted by Gasteiger charge is 2.21. The smallest absolute Gasteiger partial charge is 0.328 e. The van der Waals surface area contributed by atoms with Gasteiger partial charge in [-0.15, -0.1) is 0 Å². The summed E-state index contributed by atoms with van der Waals surface area (Å²) in [5, 5.41) is 2.91. The van der Waals surface area contributed by atoms with Crippen LogP contribution in [0.1, 0.15) is 58.9 Å². The number of carbonyl (C=O) groups is 2. The van der Waals surface area contributed by atoms with Crippen LogP contribution in [0.15, 0.2) is 30.4 Å². The first-order valence-electron chi connectivity index (χ1n) is 10.3. The lowest BCUT2D eigenvalue weighted by Gasteiger charge is -2.16. The molecule has 1 aromatic carbocycles. The average molecular weight is 405 g/mol. The van der Waals surface area contributed by atoms with Gasteiger partial charge in [-0.25, -0.2) is 4.79 Å². The highest BCUT2D eigenvalue weighted by molar-refractivity contribution is 5.79. The van der Waals surface area contributed by atoms with Gasteiger partial charge in [0.2, 0.25) is 5.91 Å². The van der Waals surface area contributed by atoms with Gasteiger partial charge in [0.25, 0.3) is 0 Å². The Kier molecular flexibility index (Phi) is 11.1. The first kappa shape index (κ1) is 24.7. The number of unbranched alkanes of at least 4 members (excludes halogenated alkanes) is 2. The van der Waals surface area contributed by atoms with Crippen molar-refractivity contribution in [2.75, 3.05) is 7.11 Å². The molecule has 6 nitrogen and oxygen atoms in total. The van der Waals surface area contributed by atoms with Crippen LogP contribution < -0.4 is 20.5 Å². The van der Waals surface area contributed by atoms with E-state index in [-0.39, 0.29) is 11.8 Å². The van der Waals surface area contributed by atoms with Crippen LogP contribution in [0.25, 0.3) is 0 Å². The number of hydrogen-bond acceptors (Lipinski definition) is 5. The quantitative estimate of drug-likeness (QED) is 0.238. The first-order chi connectivity index (χ1) is 13.7. The molecule has 0 aliphatic rings. The summed E-state index contributed by atoms with van der Waals surface area (Å²) in [4.78, 5) is 24.1. The van der Waals surface area contributed by atoms with Crippen molar-refractivity contribution in [2.45, 2.75) is 66.0 Å². The number of rotatable bonds is 12. The Morgan fingerprint density at radius 1 is 1.14 bits per heavy atom. The molecule has 0 saturated heterocycles. The van der Waals surface area contributed by atoms with Crippen LogP contribution in [0, 0.1) is 11.8 Å². The number of nitrogens with one attached hydrogen (secondary N) is 1. The molecule has 0 aromatic heterocycles. The molecule has 3 N–H and O–H groups in total. The van der Waals surface area contributed by atoms with E-state index in [2.05, 4.69) is 31.3 Å². The van der Waals surface area contributed by atoms with Gasteiger partial charge in [0.05, 0.1) is 7.11 Å². The van der Waals surface area contributed by atoms with E-state index in [0.29, 0.717) is 30.4 Å². The van der Waals surface area contributed by atoms with E-state index in [9.17, 15) is 9.59 Å². The molecule has 0 bridgehead atoms. The van der Waals surface area contributed by atoms with Gasteiger partial charge in [0.15, 0.2) is 11.5 Å². The molecule has 0 unspecified atom stereocenters. The van der Waals surface area contributed by atoms with Crippen molar-refractivity contribution in [1.82, 2.24) is 5.32 Å². The van der Waals surface area contributed by atoms with Crippen LogP contribution in [0.5, 0.6) is 11.5 Å².